The van der Waals surface area contributed by atoms with Crippen LogP contribution in [0.2, 0.25) is 0 Å². The molecule has 0 spiro atoms. The molecule has 1 atom stereocenters. The molecule has 2 aliphatic rings. The van der Waals surface area contributed by atoms with Crippen LogP contribution in [0.1, 0.15) is 42.7 Å². The zero-order valence-corrected chi connectivity index (χ0v) is 17.3. The van der Waals surface area contributed by atoms with Crippen LogP contribution in [0, 0.1) is 22.7 Å². The molecule has 6 heteroatoms. The van der Waals surface area contributed by atoms with Crippen molar-refractivity contribution in [2.24, 2.45) is 5.73 Å². The Morgan fingerprint density at radius 2 is 1.68 bits per heavy atom. The van der Waals surface area contributed by atoms with Gasteiger partial charge >= 0.3 is 0 Å². The number of ether oxygens (including phenoxy) is 3. The molecular weight excluding hydrogens is 390 g/mol. The third kappa shape index (κ3) is 3.93. The Morgan fingerprint density at radius 1 is 0.968 bits per heavy atom. The van der Waals surface area contributed by atoms with Crippen molar-refractivity contribution in [3.05, 3.63) is 76.7 Å². The van der Waals surface area contributed by atoms with E-state index in [4.69, 9.17) is 19.9 Å². The summed E-state index contributed by atoms with van der Waals surface area (Å²) >= 11 is 0. The highest BCUT2D eigenvalue weighted by Crippen LogP contribution is 2.44. The number of nitrogens with zero attached hydrogens (tertiary/aromatic N) is 2. The first-order valence-corrected chi connectivity index (χ1v) is 10.3. The van der Waals surface area contributed by atoms with Crippen molar-refractivity contribution in [1.82, 2.24) is 0 Å². The van der Waals surface area contributed by atoms with E-state index in [0.29, 0.717) is 22.8 Å². The quantitative estimate of drug-likeness (QED) is 0.758. The van der Waals surface area contributed by atoms with E-state index < -0.39 is 5.92 Å². The Hall–Kier alpha value is -3.90. The predicted octanol–water partition coefficient (Wildman–Crippen LogP) is 4.76. The second-order valence-electron chi connectivity index (χ2n) is 7.58. The van der Waals surface area contributed by atoms with Gasteiger partial charge in [-0.1, -0.05) is 36.4 Å². The highest BCUT2D eigenvalue weighted by atomic mass is 16.5. The fourth-order valence-corrected chi connectivity index (χ4v) is 4.16. The molecule has 1 aliphatic carbocycles. The number of allylic oxidation sites excluding steroid dienone is 2. The third-order valence-corrected chi connectivity index (χ3v) is 5.69. The Balaban J connectivity index is 1.83. The summed E-state index contributed by atoms with van der Waals surface area (Å²) in [5.74, 6) is 0.922. The molecule has 1 aliphatic heterocycles. The summed E-state index contributed by atoms with van der Waals surface area (Å²) < 4.78 is 17.5. The number of hydrogen-bond acceptors (Lipinski definition) is 6. The number of methoxy groups -OCH3 is 1. The second-order valence-corrected chi connectivity index (χ2v) is 7.58. The summed E-state index contributed by atoms with van der Waals surface area (Å²) in [5.41, 5.74) is 8.10. The number of nitrogens with two attached hydrogens (primary N) is 1. The lowest BCUT2D eigenvalue weighted by Crippen LogP contribution is -2.20. The van der Waals surface area contributed by atoms with Crippen LogP contribution in [-0.2, 0) is 4.74 Å². The fourth-order valence-electron chi connectivity index (χ4n) is 4.16. The van der Waals surface area contributed by atoms with Crippen molar-refractivity contribution < 1.29 is 14.2 Å². The minimum atomic E-state index is -0.657. The molecule has 0 radical (unpaired) electrons. The van der Waals surface area contributed by atoms with Crippen molar-refractivity contribution in [3.8, 4) is 23.6 Å². The summed E-state index contributed by atoms with van der Waals surface area (Å²) in [7, 11) is 1.59. The summed E-state index contributed by atoms with van der Waals surface area (Å²) in [6.07, 6.45) is 4.43. The monoisotopic (exact) mass is 413 g/mol. The van der Waals surface area contributed by atoms with Crippen LogP contribution in [-0.4, -0.2) is 13.2 Å². The highest BCUT2D eigenvalue weighted by molar-refractivity contribution is 5.74. The topological polar surface area (TPSA) is 101 Å². The van der Waals surface area contributed by atoms with E-state index in [1.54, 1.807) is 13.2 Å². The fraction of sp³-hybridized carbons (Fsp3) is 0.280. The highest BCUT2D eigenvalue weighted by Gasteiger charge is 2.34. The average Bonchev–Trinajstić information content (AvgIpc) is 3.32. The van der Waals surface area contributed by atoms with Crippen LogP contribution >= 0.6 is 0 Å². The first-order chi connectivity index (χ1) is 15.2. The molecule has 0 saturated heterocycles. The standard InChI is InChI=1S/C25H23N3O3/c1-29-21-12-11-17(13-22(21)30-18-9-5-6-10-18)23-19(14-26)24(16-7-3-2-4-8-16)31-25(28)20(23)15-27/h2-4,7-8,11-13,18,23H,5-6,9-10,28H2,1H3. The smallest absolute Gasteiger partial charge is 0.205 e. The number of rotatable bonds is 5. The SMILES string of the molecule is COc1ccc(C2C(C#N)=C(N)OC(c3ccccc3)=C2C#N)cc1OC1CCCC1. The largest absolute Gasteiger partial charge is 0.493 e. The maximum Gasteiger partial charge on any atom is 0.205 e. The Kier molecular flexibility index (Phi) is 5.82. The molecule has 2 aromatic rings. The zero-order chi connectivity index (χ0) is 21.8. The molecule has 0 aromatic heterocycles. The van der Waals surface area contributed by atoms with Crippen molar-refractivity contribution in [2.45, 2.75) is 37.7 Å². The van der Waals surface area contributed by atoms with Crippen LogP contribution in [0.4, 0.5) is 0 Å². The van der Waals surface area contributed by atoms with Crippen molar-refractivity contribution in [2.75, 3.05) is 7.11 Å². The van der Waals surface area contributed by atoms with E-state index in [0.717, 1.165) is 36.8 Å². The van der Waals surface area contributed by atoms with Gasteiger partial charge in [0.25, 0.3) is 0 Å². The molecule has 0 amide bonds. The average molecular weight is 413 g/mol. The van der Waals surface area contributed by atoms with E-state index in [1.807, 2.05) is 42.5 Å². The van der Waals surface area contributed by atoms with Gasteiger partial charge in [0.1, 0.15) is 11.6 Å². The van der Waals surface area contributed by atoms with E-state index in [2.05, 4.69) is 12.1 Å². The first kappa shape index (κ1) is 20.4. The normalized spacial score (nSPS) is 18.9. The van der Waals surface area contributed by atoms with Gasteiger partial charge in [-0.3, -0.25) is 0 Å². The molecule has 1 saturated carbocycles. The Bertz CT molecular complexity index is 1120. The van der Waals surface area contributed by atoms with Gasteiger partial charge in [-0.25, -0.2) is 0 Å². The van der Waals surface area contributed by atoms with Crippen molar-refractivity contribution >= 4 is 5.76 Å². The lowest BCUT2D eigenvalue weighted by Gasteiger charge is -2.27. The van der Waals surface area contributed by atoms with Gasteiger partial charge in [0.2, 0.25) is 5.88 Å². The minimum Gasteiger partial charge on any atom is -0.493 e. The van der Waals surface area contributed by atoms with E-state index in [1.165, 1.54) is 0 Å². The van der Waals surface area contributed by atoms with Gasteiger partial charge in [0.15, 0.2) is 17.3 Å². The number of nitriles is 2. The Morgan fingerprint density at radius 3 is 2.32 bits per heavy atom. The van der Waals surface area contributed by atoms with Gasteiger partial charge in [-0.05, 0) is 43.4 Å². The summed E-state index contributed by atoms with van der Waals surface area (Å²) in [6, 6.07) is 19.1. The lowest BCUT2D eigenvalue weighted by atomic mass is 9.82. The molecule has 31 heavy (non-hydrogen) atoms. The molecule has 2 N–H and O–H groups in total. The summed E-state index contributed by atoms with van der Waals surface area (Å²) in [5, 5.41) is 19.8. The summed E-state index contributed by atoms with van der Waals surface area (Å²) in [4.78, 5) is 0. The van der Waals surface area contributed by atoms with Crippen LogP contribution in [0.25, 0.3) is 5.76 Å². The van der Waals surface area contributed by atoms with Crippen molar-refractivity contribution in [3.63, 3.8) is 0 Å². The minimum absolute atomic E-state index is 0.000526. The lowest BCUT2D eigenvalue weighted by molar-refractivity contribution is 0.200. The van der Waals surface area contributed by atoms with Gasteiger partial charge in [0.05, 0.1) is 30.8 Å². The maximum atomic E-state index is 10.0. The van der Waals surface area contributed by atoms with Crippen LogP contribution in [0.5, 0.6) is 11.5 Å². The molecule has 1 fully saturated rings. The van der Waals surface area contributed by atoms with E-state index in [-0.39, 0.29) is 17.6 Å². The first-order valence-electron chi connectivity index (χ1n) is 10.3. The molecule has 4 rings (SSSR count). The van der Waals surface area contributed by atoms with E-state index >= 15 is 0 Å². The van der Waals surface area contributed by atoms with Crippen LogP contribution in [0.3, 0.4) is 0 Å². The molecule has 6 nitrogen and oxygen atoms in total. The maximum absolute atomic E-state index is 10.0. The summed E-state index contributed by atoms with van der Waals surface area (Å²) in [6.45, 7) is 0. The van der Waals surface area contributed by atoms with Crippen molar-refractivity contribution in [1.29, 1.82) is 10.5 Å². The molecule has 2 aromatic carbocycles. The van der Waals surface area contributed by atoms with Gasteiger partial charge in [-0.15, -0.1) is 0 Å². The van der Waals surface area contributed by atoms with Crippen LogP contribution < -0.4 is 15.2 Å². The molecule has 0 bridgehead atoms. The molecular formula is C25H23N3O3. The number of hydrogen-bond donors (Lipinski definition) is 1. The molecule has 1 heterocycles. The second kappa shape index (κ2) is 8.85. The zero-order valence-electron chi connectivity index (χ0n) is 17.3. The Labute approximate surface area is 181 Å². The van der Waals surface area contributed by atoms with Gasteiger partial charge in [0, 0.05) is 5.56 Å². The van der Waals surface area contributed by atoms with Gasteiger partial charge in [-0.2, -0.15) is 10.5 Å². The molecule has 1 unspecified atom stereocenters. The van der Waals surface area contributed by atoms with Crippen LogP contribution in [0.15, 0.2) is 65.6 Å². The third-order valence-electron chi connectivity index (χ3n) is 5.69. The molecule has 156 valence electrons. The van der Waals surface area contributed by atoms with E-state index in [9.17, 15) is 10.5 Å². The number of benzene rings is 2. The van der Waals surface area contributed by atoms with Gasteiger partial charge < -0.3 is 19.9 Å². The predicted molar refractivity (Wildman–Crippen MR) is 116 cm³/mol.